The average molecular weight is 313 g/mol. The second-order valence-corrected chi connectivity index (χ2v) is 5.88. The van der Waals surface area contributed by atoms with Crippen molar-refractivity contribution in [3.05, 3.63) is 59.5 Å². The summed E-state index contributed by atoms with van der Waals surface area (Å²) < 4.78 is 5.27. The van der Waals surface area contributed by atoms with E-state index in [2.05, 4.69) is 5.32 Å². The van der Waals surface area contributed by atoms with Crippen molar-refractivity contribution in [2.75, 3.05) is 0 Å². The van der Waals surface area contributed by atoms with E-state index in [4.69, 9.17) is 4.42 Å². The Morgan fingerprint density at radius 1 is 1.13 bits per heavy atom. The van der Waals surface area contributed by atoms with E-state index >= 15 is 0 Å². The number of Topliss-reactive ketones (excluding diaryl/α,β-unsaturated/α-hetero) is 1. The van der Waals surface area contributed by atoms with Crippen molar-refractivity contribution in [2.45, 2.75) is 45.6 Å². The lowest BCUT2D eigenvalue weighted by molar-refractivity contribution is -0.121. The minimum absolute atomic E-state index is 0.00314. The van der Waals surface area contributed by atoms with Crippen molar-refractivity contribution in [2.24, 2.45) is 0 Å². The van der Waals surface area contributed by atoms with Gasteiger partial charge in [-0.1, -0.05) is 29.8 Å². The largest absolute Gasteiger partial charge is 0.469 e. The highest BCUT2D eigenvalue weighted by Crippen LogP contribution is 2.09. The average Bonchev–Trinajstić information content (AvgIpc) is 3.05. The number of nitrogens with one attached hydrogen (secondary N) is 1. The first-order valence-electron chi connectivity index (χ1n) is 7.96. The third kappa shape index (κ3) is 5.74. The van der Waals surface area contributed by atoms with Gasteiger partial charge in [0.15, 0.2) is 5.78 Å². The lowest BCUT2D eigenvalue weighted by Crippen LogP contribution is -2.33. The summed E-state index contributed by atoms with van der Waals surface area (Å²) in [6, 6.07) is 11.3. The second-order valence-electron chi connectivity index (χ2n) is 5.88. The van der Waals surface area contributed by atoms with E-state index in [0.717, 1.165) is 24.2 Å². The molecule has 4 nitrogen and oxygen atoms in total. The monoisotopic (exact) mass is 313 g/mol. The predicted molar refractivity (Wildman–Crippen MR) is 89.4 cm³/mol. The molecule has 0 radical (unpaired) electrons. The Morgan fingerprint density at radius 3 is 2.52 bits per heavy atom. The SMILES string of the molecule is Cc1ccc(C(=O)CCC(=O)NC(C)CCc2ccco2)cc1. The predicted octanol–water partition coefficient (Wildman–Crippen LogP) is 3.69. The summed E-state index contributed by atoms with van der Waals surface area (Å²) in [6.07, 6.45) is 3.70. The van der Waals surface area contributed by atoms with Crippen molar-refractivity contribution in [1.29, 1.82) is 0 Å². The molecule has 1 N–H and O–H groups in total. The van der Waals surface area contributed by atoms with Crippen molar-refractivity contribution in [1.82, 2.24) is 5.32 Å². The summed E-state index contributed by atoms with van der Waals surface area (Å²) in [5.74, 6) is 0.835. The maximum absolute atomic E-state index is 12.0. The van der Waals surface area contributed by atoms with E-state index in [9.17, 15) is 9.59 Å². The van der Waals surface area contributed by atoms with Crippen molar-refractivity contribution in [3.63, 3.8) is 0 Å². The molecule has 122 valence electrons. The van der Waals surface area contributed by atoms with Gasteiger partial charge in [-0.05, 0) is 32.4 Å². The number of hydrogen-bond donors (Lipinski definition) is 1. The summed E-state index contributed by atoms with van der Waals surface area (Å²) in [5, 5.41) is 2.93. The second kappa shape index (κ2) is 8.32. The summed E-state index contributed by atoms with van der Waals surface area (Å²) in [4.78, 5) is 24.0. The van der Waals surface area contributed by atoms with Gasteiger partial charge in [-0.25, -0.2) is 0 Å². The Labute approximate surface area is 136 Å². The number of amides is 1. The van der Waals surface area contributed by atoms with Gasteiger partial charge in [0.2, 0.25) is 5.91 Å². The summed E-state index contributed by atoms with van der Waals surface area (Å²) in [6.45, 7) is 3.94. The van der Waals surface area contributed by atoms with Crippen LogP contribution in [-0.2, 0) is 11.2 Å². The molecule has 1 amide bonds. The summed E-state index contributed by atoms with van der Waals surface area (Å²) >= 11 is 0. The van der Waals surface area contributed by atoms with Crippen LogP contribution in [0.1, 0.15) is 47.9 Å². The van der Waals surface area contributed by atoms with Gasteiger partial charge in [0, 0.05) is 30.9 Å². The summed E-state index contributed by atoms with van der Waals surface area (Å²) in [7, 11) is 0. The number of furan rings is 1. The maximum atomic E-state index is 12.0. The first kappa shape index (κ1) is 17.0. The first-order chi connectivity index (χ1) is 11.0. The number of hydrogen-bond acceptors (Lipinski definition) is 3. The third-order valence-corrected chi connectivity index (χ3v) is 3.76. The van der Waals surface area contributed by atoms with Gasteiger partial charge in [0.05, 0.1) is 6.26 Å². The minimum Gasteiger partial charge on any atom is -0.469 e. The standard InChI is InChI=1S/C19H23NO3/c1-14-5-8-16(9-6-14)18(21)11-12-19(22)20-15(2)7-10-17-4-3-13-23-17/h3-6,8-9,13,15H,7,10-12H2,1-2H3,(H,20,22). The number of benzene rings is 1. The van der Waals surface area contributed by atoms with Crippen LogP contribution < -0.4 is 5.32 Å². The van der Waals surface area contributed by atoms with E-state index in [0.29, 0.717) is 5.56 Å². The van der Waals surface area contributed by atoms with E-state index in [1.54, 1.807) is 6.26 Å². The zero-order chi connectivity index (χ0) is 16.7. The van der Waals surface area contributed by atoms with Gasteiger partial charge in [0.25, 0.3) is 0 Å². The van der Waals surface area contributed by atoms with Crippen LogP contribution in [0.2, 0.25) is 0 Å². The fourth-order valence-electron chi connectivity index (χ4n) is 2.34. The summed E-state index contributed by atoms with van der Waals surface area (Å²) in [5.41, 5.74) is 1.78. The van der Waals surface area contributed by atoms with Gasteiger partial charge < -0.3 is 9.73 Å². The van der Waals surface area contributed by atoms with E-state index < -0.39 is 0 Å². The zero-order valence-corrected chi connectivity index (χ0v) is 13.7. The highest BCUT2D eigenvalue weighted by atomic mass is 16.3. The fourth-order valence-corrected chi connectivity index (χ4v) is 2.34. The molecule has 1 unspecified atom stereocenters. The van der Waals surface area contributed by atoms with Crippen LogP contribution in [-0.4, -0.2) is 17.7 Å². The molecule has 0 saturated heterocycles. The fraction of sp³-hybridized carbons (Fsp3) is 0.368. The first-order valence-corrected chi connectivity index (χ1v) is 7.96. The van der Waals surface area contributed by atoms with Crippen LogP contribution in [0.3, 0.4) is 0 Å². The lowest BCUT2D eigenvalue weighted by atomic mass is 10.0. The number of carbonyl (C=O) groups excluding carboxylic acids is 2. The normalized spacial score (nSPS) is 11.9. The zero-order valence-electron chi connectivity index (χ0n) is 13.7. The molecule has 1 heterocycles. The topological polar surface area (TPSA) is 59.3 Å². The number of aryl methyl sites for hydroxylation is 2. The number of rotatable bonds is 8. The van der Waals surface area contributed by atoms with Gasteiger partial charge in [-0.3, -0.25) is 9.59 Å². The van der Waals surface area contributed by atoms with Crippen LogP contribution in [0.25, 0.3) is 0 Å². The molecule has 0 aliphatic heterocycles. The Kier molecular flexibility index (Phi) is 6.15. The van der Waals surface area contributed by atoms with Crippen molar-refractivity contribution in [3.8, 4) is 0 Å². The molecular formula is C19H23NO3. The smallest absolute Gasteiger partial charge is 0.220 e. The van der Waals surface area contributed by atoms with Crippen molar-refractivity contribution >= 4 is 11.7 Å². The Bertz CT molecular complexity index is 629. The quantitative estimate of drug-likeness (QED) is 0.756. The molecule has 1 aromatic carbocycles. The molecular weight excluding hydrogens is 290 g/mol. The Morgan fingerprint density at radius 2 is 1.87 bits per heavy atom. The molecule has 2 aromatic rings. The van der Waals surface area contributed by atoms with Gasteiger partial charge in [0.1, 0.15) is 5.76 Å². The van der Waals surface area contributed by atoms with E-state index in [-0.39, 0.29) is 30.6 Å². The molecule has 0 fully saturated rings. The maximum Gasteiger partial charge on any atom is 0.220 e. The van der Waals surface area contributed by atoms with Gasteiger partial charge in [-0.2, -0.15) is 0 Å². The van der Waals surface area contributed by atoms with Crippen LogP contribution in [0.15, 0.2) is 47.1 Å². The molecule has 4 heteroatoms. The van der Waals surface area contributed by atoms with Crippen LogP contribution >= 0.6 is 0 Å². The number of ketones is 1. The molecule has 0 saturated carbocycles. The molecule has 0 aliphatic rings. The Hall–Kier alpha value is -2.36. The molecule has 0 aliphatic carbocycles. The van der Waals surface area contributed by atoms with Crippen LogP contribution in [0, 0.1) is 6.92 Å². The molecule has 1 atom stereocenters. The molecule has 1 aromatic heterocycles. The highest BCUT2D eigenvalue weighted by molar-refractivity contribution is 5.97. The molecule has 23 heavy (non-hydrogen) atoms. The molecule has 0 bridgehead atoms. The minimum atomic E-state index is -0.0857. The van der Waals surface area contributed by atoms with E-state index in [1.165, 1.54) is 0 Å². The van der Waals surface area contributed by atoms with Crippen LogP contribution in [0.4, 0.5) is 0 Å². The highest BCUT2D eigenvalue weighted by Gasteiger charge is 2.12. The van der Waals surface area contributed by atoms with Gasteiger partial charge in [-0.15, -0.1) is 0 Å². The van der Waals surface area contributed by atoms with E-state index in [1.807, 2.05) is 50.2 Å². The number of carbonyl (C=O) groups is 2. The third-order valence-electron chi connectivity index (χ3n) is 3.76. The van der Waals surface area contributed by atoms with Crippen LogP contribution in [0.5, 0.6) is 0 Å². The van der Waals surface area contributed by atoms with Crippen molar-refractivity contribution < 1.29 is 14.0 Å². The van der Waals surface area contributed by atoms with Gasteiger partial charge >= 0.3 is 0 Å². The molecule has 2 rings (SSSR count). The lowest BCUT2D eigenvalue weighted by Gasteiger charge is -2.13. The molecule has 0 spiro atoms. The Balaban J connectivity index is 1.69.